The number of aliphatic imine (C=N–C) groups is 1. The first-order valence-corrected chi connectivity index (χ1v) is 11.9. The van der Waals surface area contributed by atoms with Gasteiger partial charge in [0.1, 0.15) is 11.6 Å². The highest BCUT2D eigenvalue weighted by molar-refractivity contribution is 8.17. The van der Waals surface area contributed by atoms with E-state index >= 15 is 0 Å². The van der Waals surface area contributed by atoms with Gasteiger partial charge in [-0.05, 0) is 54.8 Å². The number of nitrogens with zero attached hydrogens (tertiary/aromatic N) is 2. The molecule has 0 aromatic heterocycles. The van der Waals surface area contributed by atoms with Crippen LogP contribution in [0.5, 0.6) is 17.2 Å². The first-order chi connectivity index (χ1) is 16.5. The highest BCUT2D eigenvalue weighted by Gasteiger charge is 2.32. The molecule has 4 rings (SSSR count). The Morgan fingerprint density at radius 2 is 1.85 bits per heavy atom. The van der Waals surface area contributed by atoms with Gasteiger partial charge >= 0.3 is 0 Å². The third kappa shape index (κ3) is 5.34. The maximum absolute atomic E-state index is 12.5. The fourth-order valence-electron chi connectivity index (χ4n) is 3.51. The second-order valence-corrected chi connectivity index (χ2v) is 8.99. The highest BCUT2D eigenvalue weighted by atomic mass is 32.2. The van der Waals surface area contributed by atoms with Gasteiger partial charge in [-0.1, -0.05) is 36.9 Å². The summed E-state index contributed by atoms with van der Waals surface area (Å²) in [5, 5.41) is 8.95. The van der Waals surface area contributed by atoms with Crippen LogP contribution in [0.3, 0.4) is 0 Å². The van der Waals surface area contributed by atoms with E-state index in [1.54, 1.807) is 30.2 Å². The molecule has 2 aromatic rings. The normalized spacial score (nSPS) is 16.3. The van der Waals surface area contributed by atoms with Gasteiger partial charge < -0.3 is 14.2 Å². The average Bonchev–Trinajstić information content (AvgIpc) is 3.22. The van der Waals surface area contributed by atoms with E-state index in [0.717, 1.165) is 29.1 Å². The molecule has 0 saturated heterocycles. The Morgan fingerprint density at radius 1 is 1.09 bits per heavy atom. The molecular weight excluding hydrogens is 450 g/mol. The number of methoxy groups -OCH3 is 1. The molecule has 34 heavy (non-hydrogen) atoms. The number of aryl methyl sites for hydroxylation is 1. The third-order valence-electron chi connectivity index (χ3n) is 5.34. The summed E-state index contributed by atoms with van der Waals surface area (Å²) >= 11 is 1.39. The van der Waals surface area contributed by atoms with Crippen LogP contribution in [0.25, 0.3) is 6.08 Å². The second-order valence-electron chi connectivity index (χ2n) is 7.78. The van der Waals surface area contributed by atoms with Crippen molar-refractivity contribution in [2.75, 3.05) is 20.3 Å². The van der Waals surface area contributed by atoms with E-state index in [1.807, 2.05) is 31.3 Å². The van der Waals surface area contributed by atoms with Gasteiger partial charge in [0, 0.05) is 17.5 Å². The number of allylic oxidation sites excluding steroid dienone is 1. The number of amides is 1. The largest absolute Gasteiger partial charge is 0.493 e. The number of thioether (sulfide) groups is 1. The summed E-state index contributed by atoms with van der Waals surface area (Å²) < 4.78 is 17.1. The van der Waals surface area contributed by atoms with Gasteiger partial charge in [0.25, 0.3) is 5.91 Å². The Kier molecular flexibility index (Phi) is 7.37. The minimum Gasteiger partial charge on any atom is -0.493 e. The van der Waals surface area contributed by atoms with Crippen molar-refractivity contribution < 1.29 is 19.0 Å². The number of ether oxygens (including phenoxy) is 3. The molecule has 0 fully saturated rings. The predicted molar refractivity (Wildman–Crippen MR) is 136 cm³/mol. The van der Waals surface area contributed by atoms with Gasteiger partial charge in [-0.25, -0.2) is 0 Å². The highest BCUT2D eigenvalue weighted by Crippen LogP contribution is 2.34. The molecule has 1 N–H and O–H groups in total. The molecule has 8 heteroatoms. The van der Waals surface area contributed by atoms with Crippen LogP contribution in [0, 0.1) is 5.41 Å². The van der Waals surface area contributed by atoms with E-state index < -0.39 is 5.91 Å². The van der Waals surface area contributed by atoms with Crippen molar-refractivity contribution in [2.24, 2.45) is 4.99 Å². The fraction of sp³-hybridized carbons (Fsp3) is 0.269. The molecular formula is C26H27N3O4S. The SMILES string of the molecule is CCc1ccc(OCCCOc2ccc(C=C3C(=N)N4C=C(C)SC4=NC3=O)cc2OC)cc1. The van der Waals surface area contributed by atoms with E-state index in [-0.39, 0.29) is 11.4 Å². The average molecular weight is 478 g/mol. The molecule has 2 heterocycles. The van der Waals surface area contributed by atoms with Crippen molar-refractivity contribution in [1.29, 1.82) is 5.41 Å². The number of hydrogen-bond donors (Lipinski definition) is 1. The van der Waals surface area contributed by atoms with Crippen molar-refractivity contribution in [3.8, 4) is 17.2 Å². The first kappa shape index (κ1) is 23.6. The summed E-state index contributed by atoms with van der Waals surface area (Å²) in [6, 6.07) is 13.5. The van der Waals surface area contributed by atoms with Crippen molar-refractivity contribution in [1.82, 2.24) is 4.90 Å². The van der Waals surface area contributed by atoms with Crippen LogP contribution in [0.4, 0.5) is 0 Å². The summed E-state index contributed by atoms with van der Waals surface area (Å²) in [4.78, 5) is 19.2. The van der Waals surface area contributed by atoms with Gasteiger partial charge in [-0.15, -0.1) is 0 Å². The van der Waals surface area contributed by atoms with E-state index in [9.17, 15) is 4.79 Å². The van der Waals surface area contributed by atoms with E-state index in [0.29, 0.717) is 29.9 Å². The van der Waals surface area contributed by atoms with Crippen LogP contribution in [0.1, 0.15) is 31.4 Å². The zero-order valence-electron chi connectivity index (χ0n) is 19.5. The molecule has 0 bridgehead atoms. The lowest BCUT2D eigenvalue weighted by atomic mass is 10.1. The van der Waals surface area contributed by atoms with Gasteiger partial charge in [0.15, 0.2) is 16.7 Å². The Morgan fingerprint density at radius 3 is 2.59 bits per heavy atom. The van der Waals surface area contributed by atoms with E-state index in [1.165, 1.54) is 17.3 Å². The topological polar surface area (TPSA) is 84.2 Å². The molecule has 2 aliphatic rings. The van der Waals surface area contributed by atoms with Crippen molar-refractivity contribution in [3.63, 3.8) is 0 Å². The quantitative estimate of drug-likeness (QED) is 0.391. The molecule has 2 aromatic carbocycles. The molecule has 1 amide bonds. The molecule has 0 spiro atoms. The van der Waals surface area contributed by atoms with Crippen LogP contribution in [0.2, 0.25) is 0 Å². The lowest BCUT2D eigenvalue weighted by Gasteiger charge is -2.22. The van der Waals surface area contributed by atoms with Gasteiger partial charge in [0.05, 0.1) is 25.9 Å². The predicted octanol–water partition coefficient (Wildman–Crippen LogP) is 5.27. The Hall–Kier alpha value is -3.52. The second kappa shape index (κ2) is 10.6. The monoisotopic (exact) mass is 477 g/mol. The molecule has 7 nitrogen and oxygen atoms in total. The van der Waals surface area contributed by atoms with Crippen LogP contribution in [-0.2, 0) is 11.2 Å². The minimum absolute atomic E-state index is 0.114. The van der Waals surface area contributed by atoms with Crippen LogP contribution in [-0.4, -0.2) is 42.1 Å². The van der Waals surface area contributed by atoms with Crippen molar-refractivity contribution in [3.05, 3.63) is 70.3 Å². The number of benzene rings is 2. The van der Waals surface area contributed by atoms with Crippen molar-refractivity contribution >= 4 is 34.7 Å². The van der Waals surface area contributed by atoms with E-state index in [2.05, 4.69) is 24.0 Å². The summed E-state index contributed by atoms with van der Waals surface area (Å²) in [5.41, 5.74) is 2.24. The van der Waals surface area contributed by atoms with Crippen LogP contribution in [0.15, 0.2) is 64.1 Å². The number of fused-ring (bicyclic) bond motifs is 1. The lowest BCUT2D eigenvalue weighted by molar-refractivity contribution is -0.114. The lowest BCUT2D eigenvalue weighted by Crippen LogP contribution is -2.35. The van der Waals surface area contributed by atoms with Crippen LogP contribution >= 0.6 is 11.8 Å². The van der Waals surface area contributed by atoms with Gasteiger partial charge in [-0.2, -0.15) is 4.99 Å². The summed E-state index contributed by atoms with van der Waals surface area (Å²) in [5.74, 6) is 1.71. The van der Waals surface area contributed by atoms with Crippen molar-refractivity contribution in [2.45, 2.75) is 26.7 Å². The number of carbonyl (C=O) groups excluding carboxylic acids is 1. The molecule has 0 saturated carbocycles. The Labute approximate surface area is 203 Å². The maximum Gasteiger partial charge on any atom is 0.283 e. The zero-order valence-corrected chi connectivity index (χ0v) is 20.3. The molecule has 2 aliphatic heterocycles. The summed E-state index contributed by atoms with van der Waals surface area (Å²) in [7, 11) is 1.57. The number of nitrogens with one attached hydrogen (secondary N) is 1. The summed E-state index contributed by atoms with van der Waals surface area (Å²) in [6.07, 6.45) is 5.19. The standard InChI is InChI=1S/C26H27N3O4S/c1-4-18-6-9-20(10-7-18)32-12-5-13-33-22-11-8-19(15-23(22)31-3)14-21-24(27)29-16-17(2)34-26(29)28-25(21)30/h6-11,14-16,27H,4-5,12-13H2,1-3H3. The van der Waals surface area contributed by atoms with Crippen LogP contribution < -0.4 is 14.2 Å². The number of carbonyl (C=O) groups is 1. The molecule has 0 radical (unpaired) electrons. The minimum atomic E-state index is -0.421. The number of amidine groups is 2. The first-order valence-electron chi connectivity index (χ1n) is 11.1. The third-order valence-corrected chi connectivity index (χ3v) is 6.24. The maximum atomic E-state index is 12.5. The van der Waals surface area contributed by atoms with Gasteiger partial charge in [0.2, 0.25) is 0 Å². The van der Waals surface area contributed by atoms with Gasteiger partial charge in [-0.3, -0.25) is 15.1 Å². The number of rotatable bonds is 9. The smallest absolute Gasteiger partial charge is 0.283 e. The zero-order chi connectivity index (χ0) is 24.1. The Bertz CT molecular complexity index is 1190. The molecule has 0 unspecified atom stereocenters. The molecule has 0 aliphatic carbocycles. The molecule has 0 atom stereocenters. The molecule has 176 valence electrons. The summed E-state index contributed by atoms with van der Waals surface area (Å²) in [6.45, 7) is 5.07. The fourth-order valence-corrected chi connectivity index (χ4v) is 4.33. The number of hydrogen-bond acceptors (Lipinski definition) is 6. The van der Waals surface area contributed by atoms with E-state index in [4.69, 9.17) is 19.6 Å². The Balaban J connectivity index is 1.36.